The molecule has 0 radical (unpaired) electrons. The topological polar surface area (TPSA) is 89.6 Å². The van der Waals surface area contributed by atoms with Crippen molar-refractivity contribution in [2.24, 2.45) is 0 Å². The number of hydrogen-bond donors (Lipinski definition) is 2. The minimum atomic E-state index is -2.96. The summed E-state index contributed by atoms with van der Waals surface area (Å²) >= 11 is 11.8. The summed E-state index contributed by atoms with van der Waals surface area (Å²) in [4.78, 5) is 28.4. The van der Waals surface area contributed by atoms with Crippen LogP contribution >= 0.6 is 23.2 Å². The number of carbonyl (C=O) groups is 2. The van der Waals surface area contributed by atoms with Gasteiger partial charge in [-0.05, 0) is 43.5 Å². The highest BCUT2D eigenvalue weighted by molar-refractivity contribution is 6.42. The molecule has 5 rings (SSSR count). The third-order valence-electron chi connectivity index (χ3n) is 5.27. The highest BCUT2D eigenvalue weighted by Gasteiger charge is 2.69. The van der Waals surface area contributed by atoms with E-state index in [1.54, 1.807) is 12.1 Å². The van der Waals surface area contributed by atoms with E-state index in [0.29, 0.717) is 35.1 Å². The quantitative estimate of drug-likeness (QED) is 0.613. The van der Waals surface area contributed by atoms with Crippen molar-refractivity contribution in [1.29, 1.82) is 0 Å². The maximum absolute atomic E-state index is 12.4. The lowest BCUT2D eigenvalue weighted by Gasteiger charge is -2.70. The molecule has 164 valence electrons. The highest BCUT2D eigenvalue weighted by Crippen LogP contribution is 2.60. The summed E-state index contributed by atoms with van der Waals surface area (Å²) in [6.45, 7) is -3.13. The lowest BCUT2D eigenvalue weighted by Crippen LogP contribution is -2.84. The number of nitrogens with one attached hydrogen (secondary N) is 2. The Morgan fingerprint density at radius 2 is 1.71 bits per heavy atom. The van der Waals surface area contributed by atoms with E-state index >= 15 is 0 Å². The molecule has 2 N–H and O–H groups in total. The van der Waals surface area contributed by atoms with E-state index in [4.69, 9.17) is 27.9 Å². The molecule has 0 saturated heterocycles. The maximum atomic E-state index is 12.4. The molecule has 0 aliphatic heterocycles. The van der Waals surface area contributed by atoms with Gasteiger partial charge in [-0.25, -0.2) is 4.98 Å². The van der Waals surface area contributed by atoms with Gasteiger partial charge in [0.2, 0.25) is 0 Å². The Morgan fingerprint density at radius 3 is 2.32 bits per heavy atom. The fraction of sp³-hybridized carbons (Fsp3) is 0.350. The zero-order chi connectivity index (χ0) is 22.2. The van der Waals surface area contributed by atoms with Crippen LogP contribution in [0.15, 0.2) is 36.5 Å². The first-order valence-electron chi connectivity index (χ1n) is 9.30. The van der Waals surface area contributed by atoms with Crippen LogP contribution in [0, 0.1) is 0 Å². The first-order valence-corrected chi connectivity index (χ1v) is 10.1. The van der Waals surface area contributed by atoms with Crippen LogP contribution in [0.2, 0.25) is 10.0 Å². The summed E-state index contributed by atoms with van der Waals surface area (Å²) in [7, 11) is 0. The molecule has 0 unspecified atom stereocenters. The summed E-state index contributed by atoms with van der Waals surface area (Å²) in [5, 5.41) is 6.57. The highest BCUT2D eigenvalue weighted by atomic mass is 35.5. The number of benzene rings is 1. The van der Waals surface area contributed by atoms with Gasteiger partial charge in [0.15, 0.2) is 6.61 Å². The number of carbonyl (C=O) groups excluding carboxylic acids is 2. The molecule has 31 heavy (non-hydrogen) atoms. The van der Waals surface area contributed by atoms with E-state index in [1.807, 2.05) is 0 Å². The van der Waals surface area contributed by atoms with Gasteiger partial charge in [-0.3, -0.25) is 9.59 Å². The van der Waals surface area contributed by atoms with Crippen LogP contribution in [0.5, 0.6) is 11.5 Å². The van der Waals surface area contributed by atoms with E-state index in [-0.39, 0.29) is 29.5 Å². The van der Waals surface area contributed by atoms with Crippen molar-refractivity contribution in [1.82, 2.24) is 15.6 Å². The number of nitrogens with zero attached hydrogens (tertiary/aromatic N) is 1. The summed E-state index contributed by atoms with van der Waals surface area (Å²) in [6, 6.07) is 7.30. The lowest BCUT2D eigenvalue weighted by molar-refractivity contribution is -0.141. The third-order valence-corrected chi connectivity index (χ3v) is 6.01. The van der Waals surface area contributed by atoms with E-state index in [0.717, 1.165) is 6.20 Å². The van der Waals surface area contributed by atoms with Crippen LogP contribution in [0.4, 0.5) is 8.78 Å². The fourth-order valence-corrected chi connectivity index (χ4v) is 4.38. The first-order chi connectivity index (χ1) is 14.7. The van der Waals surface area contributed by atoms with Crippen molar-refractivity contribution in [2.75, 3.05) is 6.61 Å². The standard InChI is InChI=1S/C20H17Cl2F2N3O4/c21-13-3-1-11(5-14(13)22)30-7-16(28)26-19-8-20(9-19,10-19)27-17(29)15-4-2-12(6-25-15)31-18(23)24/h1-6,18H,7-10H2,(H,26,28)(H,27,29). The number of pyridine rings is 1. The van der Waals surface area contributed by atoms with Crippen LogP contribution in [-0.4, -0.2) is 41.1 Å². The van der Waals surface area contributed by atoms with Crippen LogP contribution < -0.4 is 20.1 Å². The number of hydrogen-bond acceptors (Lipinski definition) is 5. The average molecular weight is 472 g/mol. The second-order valence-corrected chi connectivity index (χ2v) is 8.53. The number of alkyl halides is 2. The minimum absolute atomic E-state index is 0.0967. The maximum Gasteiger partial charge on any atom is 0.387 e. The van der Waals surface area contributed by atoms with Gasteiger partial charge in [0.25, 0.3) is 11.8 Å². The Morgan fingerprint density at radius 1 is 1.03 bits per heavy atom. The molecule has 1 aromatic heterocycles. The molecular weight excluding hydrogens is 455 g/mol. The van der Waals surface area contributed by atoms with Crippen molar-refractivity contribution in [2.45, 2.75) is 37.0 Å². The van der Waals surface area contributed by atoms with Crippen molar-refractivity contribution in [3.8, 4) is 11.5 Å². The fourth-order valence-electron chi connectivity index (χ4n) is 4.09. The molecule has 7 nitrogen and oxygen atoms in total. The number of aromatic nitrogens is 1. The van der Waals surface area contributed by atoms with Gasteiger partial charge in [0.1, 0.15) is 17.2 Å². The smallest absolute Gasteiger partial charge is 0.387 e. The number of amides is 2. The van der Waals surface area contributed by atoms with E-state index in [1.165, 1.54) is 18.2 Å². The van der Waals surface area contributed by atoms with Gasteiger partial charge in [-0.1, -0.05) is 23.2 Å². The van der Waals surface area contributed by atoms with Crippen molar-refractivity contribution in [3.63, 3.8) is 0 Å². The van der Waals surface area contributed by atoms with E-state index in [2.05, 4.69) is 20.4 Å². The number of ether oxygens (including phenoxy) is 2. The molecule has 2 aromatic rings. The van der Waals surface area contributed by atoms with Gasteiger partial charge in [0.05, 0.1) is 16.2 Å². The molecule has 2 bridgehead atoms. The first kappa shape index (κ1) is 21.6. The Labute approximate surface area is 186 Å². The number of rotatable bonds is 8. The van der Waals surface area contributed by atoms with Gasteiger partial charge in [-0.2, -0.15) is 8.78 Å². The molecule has 3 saturated carbocycles. The SMILES string of the molecule is O=C(COc1ccc(Cl)c(Cl)c1)NC12CC(NC(=O)c3ccc(OC(F)F)cn3)(C1)C2. The third kappa shape index (κ3) is 4.67. The molecule has 3 aliphatic rings. The Bertz CT molecular complexity index is 1000. The van der Waals surface area contributed by atoms with E-state index in [9.17, 15) is 18.4 Å². The normalized spacial score (nSPS) is 23.4. The predicted molar refractivity (Wildman–Crippen MR) is 108 cm³/mol. The van der Waals surface area contributed by atoms with Crippen molar-refractivity contribution in [3.05, 3.63) is 52.3 Å². The van der Waals surface area contributed by atoms with Gasteiger partial charge in [0, 0.05) is 17.1 Å². The van der Waals surface area contributed by atoms with E-state index < -0.39 is 18.1 Å². The number of halogens is 4. The summed E-state index contributed by atoms with van der Waals surface area (Å²) < 4.78 is 34.0. The summed E-state index contributed by atoms with van der Waals surface area (Å²) in [5.74, 6) is -0.377. The van der Waals surface area contributed by atoms with Gasteiger partial charge >= 0.3 is 6.61 Å². The molecular formula is C20H17Cl2F2N3O4. The zero-order valence-corrected chi connectivity index (χ0v) is 17.5. The lowest BCUT2D eigenvalue weighted by atomic mass is 9.44. The van der Waals surface area contributed by atoms with Gasteiger partial charge in [-0.15, -0.1) is 0 Å². The second-order valence-electron chi connectivity index (χ2n) is 7.72. The molecule has 3 aliphatic carbocycles. The molecule has 0 atom stereocenters. The molecule has 11 heteroatoms. The van der Waals surface area contributed by atoms with Crippen molar-refractivity contribution < 1.29 is 27.8 Å². The van der Waals surface area contributed by atoms with Crippen LogP contribution in [0.1, 0.15) is 29.8 Å². The largest absolute Gasteiger partial charge is 0.484 e. The molecule has 3 fully saturated rings. The average Bonchev–Trinajstić information content (AvgIpc) is 2.66. The predicted octanol–water partition coefficient (Wildman–Crippen LogP) is 3.59. The summed E-state index contributed by atoms with van der Waals surface area (Å²) in [5.41, 5.74) is -0.651. The minimum Gasteiger partial charge on any atom is -0.484 e. The second kappa shape index (κ2) is 8.12. The summed E-state index contributed by atoms with van der Waals surface area (Å²) in [6.07, 6.45) is 2.85. The molecule has 1 heterocycles. The zero-order valence-electron chi connectivity index (χ0n) is 16.0. The van der Waals surface area contributed by atoms with Crippen molar-refractivity contribution >= 4 is 35.0 Å². The van der Waals surface area contributed by atoms with Crippen LogP contribution in [0.3, 0.4) is 0 Å². The monoisotopic (exact) mass is 471 g/mol. The molecule has 1 aromatic carbocycles. The Balaban J connectivity index is 1.22. The molecule has 0 spiro atoms. The van der Waals surface area contributed by atoms with Crippen LogP contribution in [0.25, 0.3) is 0 Å². The van der Waals surface area contributed by atoms with Crippen LogP contribution in [-0.2, 0) is 4.79 Å². The van der Waals surface area contributed by atoms with Gasteiger partial charge < -0.3 is 20.1 Å². The Kier molecular flexibility index (Phi) is 5.65. The molecule has 2 amide bonds. The Hall–Kier alpha value is -2.65.